The van der Waals surface area contributed by atoms with Crippen LogP contribution in [0.15, 0.2) is 0 Å². The van der Waals surface area contributed by atoms with Gasteiger partial charge < -0.3 is 14.9 Å². The lowest BCUT2D eigenvalue weighted by Crippen LogP contribution is -2.33. The van der Waals surface area contributed by atoms with E-state index < -0.39 is 0 Å². The smallest absolute Gasteiger partial charge is 0.0620 e. The number of hydrogen-bond donors (Lipinski definition) is 2. The van der Waals surface area contributed by atoms with E-state index in [1.54, 1.807) is 7.11 Å². The molecule has 2 N–H and O–H groups in total. The normalized spacial score (nSPS) is 41.7. The number of aliphatic hydroxyl groups excluding tert-OH is 2. The van der Waals surface area contributed by atoms with Crippen molar-refractivity contribution >= 4 is 0 Å². The Balaban J connectivity index is 2.35. The summed E-state index contributed by atoms with van der Waals surface area (Å²) in [6, 6.07) is 0. The van der Waals surface area contributed by atoms with Crippen molar-refractivity contribution < 1.29 is 14.9 Å². The van der Waals surface area contributed by atoms with Crippen LogP contribution in [0.3, 0.4) is 0 Å². The maximum absolute atomic E-state index is 9.14. The maximum Gasteiger partial charge on any atom is 0.0620 e. The largest absolute Gasteiger partial charge is 0.393 e. The Hall–Kier alpha value is -0.120. The van der Waals surface area contributed by atoms with Crippen LogP contribution < -0.4 is 0 Å². The van der Waals surface area contributed by atoms with Gasteiger partial charge in [0.05, 0.1) is 18.3 Å². The molecule has 0 amide bonds. The van der Waals surface area contributed by atoms with Crippen LogP contribution >= 0.6 is 0 Å². The zero-order valence-corrected chi connectivity index (χ0v) is 6.16. The van der Waals surface area contributed by atoms with Gasteiger partial charge in [-0.15, -0.1) is 0 Å². The van der Waals surface area contributed by atoms with E-state index in [0.717, 1.165) is 0 Å². The van der Waals surface area contributed by atoms with E-state index in [2.05, 4.69) is 0 Å². The van der Waals surface area contributed by atoms with Crippen molar-refractivity contribution in [3.63, 3.8) is 0 Å². The Morgan fingerprint density at radius 1 is 1.10 bits per heavy atom. The van der Waals surface area contributed by atoms with Crippen molar-refractivity contribution in [3.8, 4) is 0 Å². The van der Waals surface area contributed by atoms with E-state index in [4.69, 9.17) is 14.9 Å². The summed E-state index contributed by atoms with van der Waals surface area (Å²) in [6.45, 7) is 0. The van der Waals surface area contributed by atoms with Gasteiger partial charge in [0.2, 0.25) is 0 Å². The SMILES string of the molecule is COC1CC(O)CC(O)C1. The van der Waals surface area contributed by atoms with E-state index in [1.807, 2.05) is 0 Å². The number of methoxy groups -OCH3 is 1. The maximum atomic E-state index is 9.14. The first-order valence-electron chi connectivity index (χ1n) is 3.61. The zero-order chi connectivity index (χ0) is 7.56. The number of ether oxygens (including phenoxy) is 1. The summed E-state index contributed by atoms with van der Waals surface area (Å²) in [5.74, 6) is 0. The molecule has 1 aliphatic carbocycles. The van der Waals surface area contributed by atoms with Crippen LogP contribution in [0.2, 0.25) is 0 Å². The molecule has 0 radical (unpaired) electrons. The minimum atomic E-state index is -0.381. The third-order valence-electron chi connectivity index (χ3n) is 1.95. The first-order chi connectivity index (χ1) is 4.72. The Morgan fingerprint density at radius 3 is 2.00 bits per heavy atom. The van der Waals surface area contributed by atoms with Gasteiger partial charge in [0.15, 0.2) is 0 Å². The molecular weight excluding hydrogens is 132 g/mol. The van der Waals surface area contributed by atoms with Crippen LogP contribution in [-0.2, 0) is 4.74 Å². The van der Waals surface area contributed by atoms with Crippen LogP contribution in [0.25, 0.3) is 0 Å². The second kappa shape index (κ2) is 3.32. The predicted octanol–water partition coefficient (Wildman–Crippen LogP) is -0.0929. The van der Waals surface area contributed by atoms with Crippen LogP contribution in [0.5, 0.6) is 0 Å². The Bertz CT molecular complexity index is 95.0. The summed E-state index contributed by atoms with van der Waals surface area (Å²) in [4.78, 5) is 0. The minimum Gasteiger partial charge on any atom is -0.393 e. The lowest BCUT2D eigenvalue weighted by Gasteiger charge is -2.28. The first-order valence-corrected chi connectivity index (χ1v) is 3.61. The Morgan fingerprint density at radius 2 is 1.60 bits per heavy atom. The van der Waals surface area contributed by atoms with Gasteiger partial charge in [-0.2, -0.15) is 0 Å². The van der Waals surface area contributed by atoms with Crippen molar-refractivity contribution in [1.29, 1.82) is 0 Å². The first kappa shape index (κ1) is 7.98. The van der Waals surface area contributed by atoms with Crippen molar-refractivity contribution in [2.75, 3.05) is 7.11 Å². The van der Waals surface area contributed by atoms with Gasteiger partial charge in [-0.05, 0) is 19.3 Å². The fraction of sp³-hybridized carbons (Fsp3) is 1.00. The number of hydrogen-bond acceptors (Lipinski definition) is 3. The second-order valence-electron chi connectivity index (χ2n) is 2.87. The third-order valence-corrected chi connectivity index (χ3v) is 1.95. The highest BCUT2D eigenvalue weighted by Gasteiger charge is 2.25. The van der Waals surface area contributed by atoms with E-state index in [-0.39, 0.29) is 18.3 Å². The standard InChI is InChI=1S/C7H14O3/c1-10-7-3-5(8)2-6(9)4-7/h5-9H,2-4H2,1H3. The fourth-order valence-corrected chi connectivity index (χ4v) is 1.40. The summed E-state index contributed by atoms with van der Waals surface area (Å²) in [7, 11) is 1.61. The van der Waals surface area contributed by atoms with E-state index in [1.165, 1.54) is 0 Å². The molecular formula is C7H14O3. The fourth-order valence-electron chi connectivity index (χ4n) is 1.40. The molecule has 2 atom stereocenters. The molecule has 0 saturated heterocycles. The van der Waals surface area contributed by atoms with Gasteiger partial charge in [-0.3, -0.25) is 0 Å². The lowest BCUT2D eigenvalue weighted by molar-refractivity contribution is -0.0424. The van der Waals surface area contributed by atoms with E-state index in [9.17, 15) is 0 Å². The summed E-state index contributed by atoms with van der Waals surface area (Å²) in [6.07, 6.45) is 1.10. The molecule has 0 aromatic rings. The number of rotatable bonds is 1. The second-order valence-corrected chi connectivity index (χ2v) is 2.87. The highest BCUT2D eigenvalue weighted by molar-refractivity contribution is 4.77. The quantitative estimate of drug-likeness (QED) is 0.543. The highest BCUT2D eigenvalue weighted by atomic mass is 16.5. The summed E-state index contributed by atoms with van der Waals surface area (Å²) in [5.41, 5.74) is 0. The Kier molecular flexibility index (Phi) is 2.65. The van der Waals surface area contributed by atoms with Crippen molar-refractivity contribution in [2.24, 2.45) is 0 Å². The van der Waals surface area contributed by atoms with Crippen molar-refractivity contribution in [3.05, 3.63) is 0 Å². The summed E-state index contributed by atoms with van der Waals surface area (Å²) >= 11 is 0. The predicted molar refractivity (Wildman–Crippen MR) is 36.7 cm³/mol. The van der Waals surface area contributed by atoms with Crippen LogP contribution in [-0.4, -0.2) is 35.6 Å². The topological polar surface area (TPSA) is 49.7 Å². The molecule has 1 rings (SSSR count). The van der Waals surface area contributed by atoms with E-state index >= 15 is 0 Å². The van der Waals surface area contributed by atoms with Crippen LogP contribution in [0.4, 0.5) is 0 Å². The number of aliphatic hydroxyl groups is 2. The Labute approximate surface area is 60.6 Å². The molecule has 0 heterocycles. The molecule has 3 nitrogen and oxygen atoms in total. The van der Waals surface area contributed by atoms with Crippen LogP contribution in [0, 0.1) is 0 Å². The molecule has 1 aliphatic rings. The molecule has 1 fully saturated rings. The summed E-state index contributed by atoms with van der Waals surface area (Å²) in [5, 5.41) is 18.3. The zero-order valence-electron chi connectivity index (χ0n) is 6.16. The molecule has 2 unspecified atom stereocenters. The lowest BCUT2D eigenvalue weighted by atomic mass is 9.93. The van der Waals surface area contributed by atoms with Crippen molar-refractivity contribution in [1.82, 2.24) is 0 Å². The molecule has 0 aliphatic heterocycles. The van der Waals surface area contributed by atoms with Crippen LogP contribution in [0.1, 0.15) is 19.3 Å². The summed E-state index contributed by atoms with van der Waals surface area (Å²) < 4.78 is 5.01. The van der Waals surface area contributed by atoms with Gasteiger partial charge >= 0.3 is 0 Å². The van der Waals surface area contributed by atoms with Crippen molar-refractivity contribution in [2.45, 2.75) is 37.6 Å². The molecule has 0 aromatic heterocycles. The van der Waals surface area contributed by atoms with Gasteiger partial charge in [0, 0.05) is 7.11 Å². The molecule has 60 valence electrons. The molecule has 0 spiro atoms. The van der Waals surface area contributed by atoms with Gasteiger partial charge in [0.1, 0.15) is 0 Å². The molecule has 1 saturated carbocycles. The molecule has 10 heavy (non-hydrogen) atoms. The van der Waals surface area contributed by atoms with Gasteiger partial charge in [-0.1, -0.05) is 0 Å². The molecule has 0 aromatic carbocycles. The minimum absolute atomic E-state index is 0.0405. The van der Waals surface area contributed by atoms with Gasteiger partial charge in [-0.25, -0.2) is 0 Å². The average molecular weight is 146 g/mol. The average Bonchev–Trinajstić information content (AvgIpc) is 1.85. The molecule has 0 bridgehead atoms. The third kappa shape index (κ3) is 1.94. The van der Waals surface area contributed by atoms with E-state index in [0.29, 0.717) is 19.3 Å². The monoisotopic (exact) mass is 146 g/mol. The molecule has 3 heteroatoms. The highest BCUT2D eigenvalue weighted by Crippen LogP contribution is 2.20. The van der Waals surface area contributed by atoms with Gasteiger partial charge in [0.25, 0.3) is 0 Å².